The minimum atomic E-state index is -0.197. The number of para-hydroxylation sites is 2. The van der Waals surface area contributed by atoms with Crippen molar-refractivity contribution in [2.45, 2.75) is 5.92 Å². The van der Waals surface area contributed by atoms with Gasteiger partial charge in [-0.2, -0.15) is 0 Å². The number of hydrogen-bond donors (Lipinski definition) is 2. The van der Waals surface area contributed by atoms with Gasteiger partial charge in [0.25, 0.3) is 5.91 Å². The number of rotatable bonds is 5. The highest BCUT2D eigenvalue weighted by molar-refractivity contribution is 7.10. The monoisotopic (exact) mass is 386 g/mol. The normalized spacial score (nSPS) is 12.4. The zero-order valence-electron chi connectivity index (χ0n) is 15.0. The van der Waals surface area contributed by atoms with E-state index in [2.05, 4.69) is 33.9 Å². The largest absolute Gasteiger partial charge is 0.451 e. The van der Waals surface area contributed by atoms with Gasteiger partial charge in [-0.15, -0.1) is 11.3 Å². The van der Waals surface area contributed by atoms with E-state index in [0.29, 0.717) is 12.3 Å². The van der Waals surface area contributed by atoms with E-state index in [4.69, 9.17) is 4.42 Å². The SMILES string of the molecule is O=C(NC[C@@H](c1cccs1)c1c[nH]c2ccccc12)c1cc2ccccc2o1. The van der Waals surface area contributed by atoms with Gasteiger partial charge in [0.05, 0.1) is 0 Å². The van der Waals surface area contributed by atoms with Crippen molar-refractivity contribution in [1.82, 2.24) is 10.3 Å². The third kappa shape index (κ3) is 3.00. The molecule has 0 saturated heterocycles. The van der Waals surface area contributed by atoms with E-state index in [1.807, 2.05) is 48.7 Å². The lowest BCUT2D eigenvalue weighted by Crippen LogP contribution is -2.28. The number of amides is 1. The van der Waals surface area contributed by atoms with Gasteiger partial charge in [-0.25, -0.2) is 0 Å². The summed E-state index contributed by atoms with van der Waals surface area (Å²) in [6.45, 7) is 0.498. The maximum absolute atomic E-state index is 12.7. The van der Waals surface area contributed by atoms with Crippen LogP contribution in [0.2, 0.25) is 0 Å². The van der Waals surface area contributed by atoms with Crippen molar-refractivity contribution in [2.24, 2.45) is 0 Å². The van der Waals surface area contributed by atoms with Gasteiger partial charge in [0.1, 0.15) is 5.58 Å². The van der Waals surface area contributed by atoms with Gasteiger partial charge < -0.3 is 14.7 Å². The van der Waals surface area contributed by atoms with Crippen molar-refractivity contribution < 1.29 is 9.21 Å². The van der Waals surface area contributed by atoms with Crippen LogP contribution in [0.25, 0.3) is 21.9 Å². The topological polar surface area (TPSA) is 58.0 Å². The summed E-state index contributed by atoms with van der Waals surface area (Å²) in [7, 11) is 0. The standard InChI is InChI=1S/C23H18N2O2S/c26-23(21-12-15-6-1-4-9-20(15)27-21)25-14-18(22-10-5-11-28-22)17-13-24-19-8-3-2-7-16(17)19/h1-13,18,24H,14H2,(H,25,26)/t18-/m1/s1. The Hall–Kier alpha value is -3.31. The van der Waals surface area contributed by atoms with Crippen molar-refractivity contribution in [2.75, 3.05) is 6.54 Å². The van der Waals surface area contributed by atoms with E-state index >= 15 is 0 Å². The van der Waals surface area contributed by atoms with Gasteiger partial charge >= 0.3 is 0 Å². The van der Waals surface area contributed by atoms with Gasteiger partial charge in [0, 0.05) is 39.8 Å². The first kappa shape index (κ1) is 16.8. The molecule has 3 heterocycles. The molecule has 2 N–H and O–H groups in total. The molecule has 0 bridgehead atoms. The maximum atomic E-state index is 12.7. The van der Waals surface area contributed by atoms with Crippen molar-refractivity contribution in [1.29, 1.82) is 0 Å². The van der Waals surface area contributed by atoms with E-state index in [9.17, 15) is 4.79 Å². The van der Waals surface area contributed by atoms with Gasteiger partial charge in [0.2, 0.25) is 0 Å². The highest BCUT2D eigenvalue weighted by Crippen LogP contribution is 2.33. The Labute approximate surface area is 165 Å². The van der Waals surface area contributed by atoms with Gasteiger partial charge in [-0.3, -0.25) is 4.79 Å². The van der Waals surface area contributed by atoms with Gasteiger partial charge in [-0.05, 0) is 35.2 Å². The fourth-order valence-corrected chi connectivity index (χ4v) is 4.46. The summed E-state index contributed by atoms with van der Waals surface area (Å²) in [5, 5.41) is 7.24. The van der Waals surface area contributed by atoms with Gasteiger partial charge in [-0.1, -0.05) is 42.5 Å². The Morgan fingerprint density at radius 1 is 1.07 bits per heavy atom. The molecule has 1 amide bonds. The number of aromatic amines is 1. The van der Waals surface area contributed by atoms with E-state index in [0.717, 1.165) is 16.5 Å². The van der Waals surface area contributed by atoms with Gasteiger partial charge in [0.15, 0.2) is 5.76 Å². The number of aromatic nitrogens is 1. The third-order valence-corrected chi connectivity index (χ3v) is 5.99. The fraction of sp³-hybridized carbons (Fsp3) is 0.0870. The van der Waals surface area contributed by atoms with Crippen molar-refractivity contribution in [3.63, 3.8) is 0 Å². The molecule has 28 heavy (non-hydrogen) atoms. The lowest BCUT2D eigenvalue weighted by Gasteiger charge is -2.16. The smallest absolute Gasteiger partial charge is 0.287 e. The van der Waals surface area contributed by atoms with Crippen LogP contribution in [0.5, 0.6) is 0 Å². The van der Waals surface area contributed by atoms with E-state index in [-0.39, 0.29) is 11.8 Å². The first-order valence-electron chi connectivity index (χ1n) is 9.16. The lowest BCUT2D eigenvalue weighted by molar-refractivity contribution is 0.0927. The minimum absolute atomic E-state index is 0.0736. The molecule has 0 spiro atoms. The molecule has 5 aromatic rings. The molecular weight excluding hydrogens is 368 g/mol. The average molecular weight is 386 g/mol. The second kappa shape index (κ2) is 7.02. The Balaban J connectivity index is 1.43. The van der Waals surface area contributed by atoms with E-state index < -0.39 is 0 Å². The Kier molecular flexibility index (Phi) is 4.22. The first-order chi connectivity index (χ1) is 13.8. The predicted octanol–water partition coefficient (Wildman–Crippen LogP) is 5.54. The highest BCUT2D eigenvalue weighted by Gasteiger charge is 2.21. The first-order valence-corrected chi connectivity index (χ1v) is 10.0. The molecule has 0 saturated carbocycles. The number of carbonyl (C=O) groups excluding carboxylic acids is 1. The molecule has 138 valence electrons. The molecule has 5 heteroatoms. The molecule has 0 radical (unpaired) electrons. The van der Waals surface area contributed by atoms with Crippen LogP contribution in [0, 0.1) is 0 Å². The molecule has 0 unspecified atom stereocenters. The third-order valence-electron chi connectivity index (χ3n) is 5.00. The Bertz CT molecular complexity index is 1220. The molecule has 0 aliphatic heterocycles. The highest BCUT2D eigenvalue weighted by atomic mass is 32.1. The molecule has 0 aliphatic rings. The number of H-pyrrole nitrogens is 1. The number of furan rings is 1. The molecule has 0 fully saturated rings. The lowest BCUT2D eigenvalue weighted by atomic mass is 9.96. The van der Waals surface area contributed by atoms with Crippen LogP contribution in [-0.2, 0) is 0 Å². The van der Waals surface area contributed by atoms with Crippen molar-refractivity contribution >= 4 is 39.1 Å². The van der Waals surface area contributed by atoms with E-state index in [1.54, 1.807) is 17.4 Å². The molecule has 0 aliphatic carbocycles. The second-order valence-corrected chi connectivity index (χ2v) is 7.70. The molecule has 3 aromatic heterocycles. The summed E-state index contributed by atoms with van der Waals surface area (Å²) >= 11 is 1.70. The van der Waals surface area contributed by atoms with Crippen molar-refractivity contribution in [3.05, 3.63) is 94.5 Å². The number of nitrogens with one attached hydrogen (secondary N) is 2. The number of hydrogen-bond acceptors (Lipinski definition) is 3. The molecular formula is C23H18N2O2S. The number of benzene rings is 2. The zero-order valence-corrected chi connectivity index (χ0v) is 15.8. The molecule has 5 rings (SSSR count). The second-order valence-electron chi connectivity index (χ2n) is 6.72. The summed E-state index contributed by atoms with van der Waals surface area (Å²) in [4.78, 5) is 17.3. The number of carbonyl (C=O) groups is 1. The fourth-order valence-electron chi connectivity index (χ4n) is 3.61. The van der Waals surface area contributed by atoms with Crippen LogP contribution in [0.15, 0.2) is 82.7 Å². The quantitative estimate of drug-likeness (QED) is 0.417. The summed E-state index contributed by atoms with van der Waals surface area (Å²) in [6, 6.07) is 21.8. The summed E-state index contributed by atoms with van der Waals surface area (Å²) < 4.78 is 5.70. The van der Waals surface area contributed by atoms with E-state index in [1.165, 1.54) is 15.8 Å². The minimum Gasteiger partial charge on any atom is -0.451 e. The molecule has 2 aromatic carbocycles. The van der Waals surface area contributed by atoms with Crippen molar-refractivity contribution in [3.8, 4) is 0 Å². The van der Waals surface area contributed by atoms with Crippen LogP contribution in [0.4, 0.5) is 0 Å². The van der Waals surface area contributed by atoms with Crippen LogP contribution >= 0.6 is 11.3 Å². The maximum Gasteiger partial charge on any atom is 0.287 e. The van der Waals surface area contributed by atoms with Crippen LogP contribution < -0.4 is 5.32 Å². The molecule has 1 atom stereocenters. The predicted molar refractivity (Wildman–Crippen MR) is 113 cm³/mol. The number of thiophene rings is 1. The molecule has 4 nitrogen and oxygen atoms in total. The van der Waals surface area contributed by atoms with Crippen LogP contribution in [0.3, 0.4) is 0 Å². The summed E-state index contributed by atoms with van der Waals surface area (Å²) in [5.74, 6) is 0.215. The summed E-state index contributed by atoms with van der Waals surface area (Å²) in [5.41, 5.74) is 3.00. The average Bonchev–Trinajstić information content (AvgIpc) is 3.47. The Morgan fingerprint density at radius 3 is 2.79 bits per heavy atom. The number of fused-ring (bicyclic) bond motifs is 2. The van der Waals surface area contributed by atoms with Crippen LogP contribution in [-0.4, -0.2) is 17.4 Å². The summed E-state index contributed by atoms with van der Waals surface area (Å²) in [6.07, 6.45) is 2.04. The zero-order chi connectivity index (χ0) is 18.9. The Morgan fingerprint density at radius 2 is 1.93 bits per heavy atom. The van der Waals surface area contributed by atoms with Crippen LogP contribution in [0.1, 0.15) is 26.9 Å².